The summed E-state index contributed by atoms with van der Waals surface area (Å²) < 4.78 is 16.8. The lowest BCUT2D eigenvalue weighted by Crippen LogP contribution is -2.40. The van der Waals surface area contributed by atoms with Crippen molar-refractivity contribution in [2.45, 2.75) is 93.0 Å². The summed E-state index contributed by atoms with van der Waals surface area (Å²) in [6.07, 6.45) is 1.36. The molecule has 0 aliphatic rings. The number of benzene rings is 2. The fourth-order valence-electron chi connectivity index (χ4n) is 4.56. The molecular formula is C38H48N2O6. The topological polar surface area (TPSA) is 104 Å². The van der Waals surface area contributed by atoms with Gasteiger partial charge in [0.2, 0.25) is 5.75 Å². The van der Waals surface area contributed by atoms with E-state index in [-0.39, 0.29) is 28.0 Å². The highest BCUT2D eigenvalue weighted by atomic mass is 16.6. The van der Waals surface area contributed by atoms with Gasteiger partial charge in [-0.15, -0.1) is 0 Å². The zero-order valence-electron chi connectivity index (χ0n) is 29.2. The number of ether oxygens (including phenoxy) is 3. The second-order valence-electron chi connectivity index (χ2n) is 14.5. The quantitative estimate of drug-likeness (QED) is 0.201. The Labute approximate surface area is 273 Å². The zero-order valence-corrected chi connectivity index (χ0v) is 29.2. The molecule has 46 heavy (non-hydrogen) atoms. The summed E-state index contributed by atoms with van der Waals surface area (Å²) in [5.74, 6) is -1.54. The van der Waals surface area contributed by atoms with Gasteiger partial charge in [0.25, 0.3) is 5.91 Å². The van der Waals surface area contributed by atoms with Gasteiger partial charge in [0.1, 0.15) is 11.8 Å². The number of pyridine rings is 1. The number of rotatable bonds is 8. The molecule has 246 valence electrons. The number of carbonyl (C=O) groups excluding carboxylic acids is 3. The smallest absolute Gasteiger partial charge is 0.333 e. The second kappa shape index (κ2) is 13.9. The summed E-state index contributed by atoms with van der Waals surface area (Å²) in [7, 11) is 1.39. The van der Waals surface area contributed by atoms with Crippen molar-refractivity contribution >= 4 is 23.4 Å². The van der Waals surface area contributed by atoms with Crippen LogP contribution in [0.1, 0.15) is 109 Å². The first kappa shape index (κ1) is 36.0. The minimum atomic E-state index is -1.06. The maximum absolute atomic E-state index is 13.4. The highest BCUT2D eigenvalue weighted by Crippen LogP contribution is 2.33. The molecule has 0 bridgehead atoms. The highest BCUT2D eigenvalue weighted by molar-refractivity contribution is 5.99. The molecule has 0 unspecified atom stereocenters. The van der Waals surface area contributed by atoms with Crippen molar-refractivity contribution in [1.29, 1.82) is 0 Å². The molecule has 0 aliphatic heterocycles. The molecule has 0 spiro atoms. The molecule has 1 heterocycles. The second-order valence-corrected chi connectivity index (χ2v) is 14.5. The van der Waals surface area contributed by atoms with Gasteiger partial charge in [-0.25, -0.2) is 9.78 Å². The summed E-state index contributed by atoms with van der Waals surface area (Å²) in [5, 5.41) is 2.63. The van der Waals surface area contributed by atoms with Crippen LogP contribution in [0.2, 0.25) is 0 Å². The number of aromatic nitrogens is 1. The van der Waals surface area contributed by atoms with Gasteiger partial charge in [0.05, 0.1) is 12.5 Å². The first-order chi connectivity index (χ1) is 21.2. The van der Waals surface area contributed by atoms with E-state index in [4.69, 9.17) is 14.2 Å². The van der Waals surface area contributed by atoms with E-state index in [2.05, 4.69) is 76.1 Å². The lowest BCUT2D eigenvalue weighted by atomic mass is 9.84. The minimum Gasteiger partial charge on any atom is -0.493 e. The minimum absolute atomic E-state index is 0.0194. The normalized spacial score (nSPS) is 12.5. The maximum Gasteiger partial charge on any atom is 0.333 e. The van der Waals surface area contributed by atoms with Crippen LogP contribution in [0.3, 0.4) is 0 Å². The summed E-state index contributed by atoms with van der Waals surface area (Å²) in [4.78, 5) is 43.5. The third-order valence-electron chi connectivity index (χ3n) is 7.50. The highest BCUT2D eigenvalue weighted by Gasteiger charge is 2.30. The van der Waals surface area contributed by atoms with Gasteiger partial charge >= 0.3 is 11.9 Å². The third-order valence-corrected chi connectivity index (χ3v) is 7.50. The van der Waals surface area contributed by atoms with E-state index in [1.165, 1.54) is 37.4 Å². The molecule has 8 nitrogen and oxygen atoms in total. The number of amides is 1. The van der Waals surface area contributed by atoms with Crippen molar-refractivity contribution in [3.63, 3.8) is 0 Å². The number of nitrogens with zero attached hydrogens (tertiary/aromatic N) is 1. The lowest BCUT2D eigenvalue weighted by Gasteiger charge is -2.22. The third kappa shape index (κ3) is 8.83. The maximum atomic E-state index is 13.4. The molecule has 1 aromatic heterocycles. The number of allylic oxidation sites excluding steroid dienone is 1. The van der Waals surface area contributed by atoms with Gasteiger partial charge in [-0.05, 0) is 67.7 Å². The standard InChI is InChI=1S/C38H48N2O6/c1-23(40-33(41)31-32(29(44-12)21-22-39-31)46-35(43)38(9,10)11)34(42)45-24(2)30(25-13-17-27(18-14-25)36(3,4)5)26-15-19-28(20-16-26)37(6,7)8/h13-23H,1-12H3,(H,40,41)/t23-/m0/s1. The van der Waals surface area contributed by atoms with E-state index in [0.717, 1.165) is 16.7 Å². The fourth-order valence-corrected chi connectivity index (χ4v) is 4.56. The summed E-state index contributed by atoms with van der Waals surface area (Å²) in [5.41, 5.74) is 3.85. The molecule has 1 N–H and O–H groups in total. The monoisotopic (exact) mass is 628 g/mol. The van der Waals surface area contributed by atoms with Crippen molar-refractivity contribution < 1.29 is 28.6 Å². The van der Waals surface area contributed by atoms with E-state index < -0.39 is 29.3 Å². The summed E-state index contributed by atoms with van der Waals surface area (Å²) in [6.45, 7) is 21.3. The van der Waals surface area contributed by atoms with Gasteiger partial charge in [-0.1, -0.05) is 90.1 Å². The van der Waals surface area contributed by atoms with Gasteiger partial charge in [0, 0.05) is 17.8 Å². The Morgan fingerprint density at radius 1 is 0.761 bits per heavy atom. The predicted octanol–water partition coefficient (Wildman–Crippen LogP) is 7.78. The molecule has 0 radical (unpaired) electrons. The van der Waals surface area contributed by atoms with Crippen LogP contribution in [-0.4, -0.2) is 36.0 Å². The zero-order chi connectivity index (χ0) is 34.6. The molecular weight excluding hydrogens is 580 g/mol. The number of carbonyl (C=O) groups is 3. The fraction of sp³-hybridized carbons (Fsp3) is 0.421. The molecule has 3 rings (SSSR count). The number of hydrogen-bond acceptors (Lipinski definition) is 7. The van der Waals surface area contributed by atoms with Crippen LogP contribution >= 0.6 is 0 Å². The van der Waals surface area contributed by atoms with Crippen molar-refractivity contribution in [2.75, 3.05) is 7.11 Å². The first-order valence-corrected chi connectivity index (χ1v) is 15.4. The summed E-state index contributed by atoms with van der Waals surface area (Å²) in [6, 6.07) is 16.9. The number of methoxy groups -OCH3 is 1. The van der Waals surface area contributed by atoms with Gasteiger partial charge in [-0.3, -0.25) is 9.59 Å². The average molecular weight is 629 g/mol. The van der Waals surface area contributed by atoms with Gasteiger partial charge in [0.15, 0.2) is 11.4 Å². The van der Waals surface area contributed by atoms with Crippen LogP contribution in [0.15, 0.2) is 66.6 Å². The van der Waals surface area contributed by atoms with Gasteiger partial charge in [-0.2, -0.15) is 0 Å². The Balaban J connectivity index is 1.94. The van der Waals surface area contributed by atoms with Crippen LogP contribution in [0.4, 0.5) is 0 Å². The molecule has 8 heteroatoms. The molecule has 0 saturated carbocycles. The van der Waals surface area contributed by atoms with Crippen LogP contribution < -0.4 is 14.8 Å². The Hall–Kier alpha value is -4.46. The number of hydrogen-bond donors (Lipinski definition) is 1. The largest absolute Gasteiger partial charge is 0.493 e. The Morgan fingerprint density at radius 3 is 1.65 bits per heavy atom. The van der Waals surface area contributed by atoms with Crippen LogP contribution in [0.25, 0.3) is 5.57 Å². The molecule has 1 amide bonds. The molecule has 0 fully saturated rings. The lowest BCUT2D eigenvalue weighted by molar-refractivity contribution is -0.143. The van der Waals surface area contributed by atoms with Crippen LogP contribution in [0, 0.1) is 5.41 Å². The van der Waals surface area contributed by atoms with E-state index >= 15 is 0 Å². The molecule has 1 atom stereocenters. The summed E-state index contributed by atoms with van der Waals surface area (Å²) >= 11 is 0. The Morgan fingerprint density at radius 2 is 1.24 bits per heavy atom. The van der Waals surface area contributed by atoms with E-state index in [1.807, 2.05) is 24.3 Å². The van der Waals surface area contributed by atoms with Crippen LogP contribution in [-0.2, 0) is 25.2 Å². The average Bonchev–Trinajstić information content (AvgIpc) is 2.96. The van der Waals surface area contributed by atoms with E-state index in [0.29, 0.717) is 5.76 Å². The molecule has 0 aliphatic carbocycles. The van der Waals surface area contributed by atoms with Crippen molar-refractivity contribution in [1.82, 2.24) is 10.3 Å². The van der Waals surface area contributed by atoms with Crippen molar-refractivity contribution in [3.05, 3.63) is 94.5 Å². The Kier molecular flexibility index (Phi) is 10.9. The SMILES string of the molecule is COc1ccnc(C(=O)N[C@@H](C)C(=O)OC(C)=C(c2ccc(C(C)(C)C)cc2)c2ccc(C(C)(C)C)cc2)c1OC(=O)C(C)(C)C. The predicted molar refractivity (Wildman–Crippen MR) is 181 cm³/mol. The Bertz CT molecular complexity index is 1540. The number of nitrogens with one attached hydrogen (secondary N) is 1. The number of esters is 2. The van der Waals surface area contributed by atoms with Crippen molar-refractivity contribution in [3.8, 4) is 11.5 Å². The van der Waals surface area contributed by atoms with E-state index in [9.17, 15) is 14.4 Å². The molecule has 3 aromatic rings. The van der Waals surface area contributed by atoms with Gasteiger partial charge < -0.3 is 19.5 Å². The molecule has 2 aromatic carbocycles. The van der Waals surface area contributed by atoms with E-state index in [1.54, 1.807) is 27.7 Å². The molecule has 0 saturated heterocycles. The first-order valence-electron chi connectivity index (χ1n) is 15.4. The van der Waals surface area contributed by atoms with Crippen molar-refractivity contribution in [2.24, 2.45) is 5.41 Å². The van der Waals surface area contributed by atoms with Crippen LogP contribution in [0.5, 0.6) is 11.5 Å².